The van der Waals surface area contributed by atoms with Gasteiger partial charge in [-0.05, 0) is 12.1 Å². The molecule has 1 amide bonds. The Balaban J connectivity index is 2.46. The number of hydrogen-bond donors (Lipinski definition) is 3. The maximum Gasteiger partial charge on any atom is 0.226 e. The lowest BCUT2D eigenvalue weighted by molar-refractivity contribution is -0.115. The van der Waals surface area contributed by atoms with Crippen LogP contribution < -0.4 is 16.4 Å². The van der Waals surface area contributed by atoms with E-state index in [0.29, 0.717) is 29.4 Å². The van der Waals surface area contributed by atoms with Crippen molar-refractivity contribution in [3.05, 3.63) is 17.2 Å². The summed E-state index contributed by atoms with van der Waals surface area (Å²) < 4.78 is 0. The molecule has 0 unspecified atom stereocenters. The third kappa shape index (κ3) is 1.61. The molecule has 0 aromatic heterocycles. The second-order valence-corrected chi connectivity index (χ2v) is 3.55. The number of halogens is 1. The predicted octanol–water partition coefficient (Wildman–Crippen LogP) is 1.68. The van der Waals surface area contributed by atoms with E-state index in [0.717, 1.165) is 5.69 Å². The number of nitrogens with one attached hydrogen (secondary N) is 2. The minimum absolute atomic E-state index is 0.0166. The van der Waals surface area contributed by atoms with Gasteiger partial charge in [0.1, 0.15) is 0 Å². The summed E-state index contributed by atoms with van der Waals surface area (Å²) in [5.41, 5.74) is 7.66. The Bertz CT molecular complexity index is 392. The van der Waals surface area contributed by atoms with Crippen LogP contribution in [0.25, 0.3) is 0 Å². The first-order valence-corrected chi connectivity index (χ1v) is 4.67. The molecule has 1 heterocycles. The second-order valence-electron chi connectivity index (χ2n) is 3.14. The smallest absolute Gasteiger partial charge is 0.226 e. The number of nitrogens with two attached hydrogens (primary N) is 1. The number of amides is 1. The van der Waals surface area contributed by atoms with Gasteiger partial charge in [0.25, 0.3) is 0 Å². The first kappa shape index (κ1) is 9.15. The Morgan fingerprint density at radius 1 is 1.36 bits per heavy atom. The highest BCUT2D eigenvalue weighted by Crippen LogP contribution is 2.32. The van der Waals surface area contributed by atoms with E-state index in [-0.39, 0.29) is 5.91 Å². The Kier molecular flexibility index (Phi) is 2.21. The summed E-state index contributed by atoms with van der Waals surface area (Å²) in [6.45, 7) is 0.611. The summed E-state index contributed by atoms with van der Waals surface area (Å²) >= 11 is 5.84. The molecule has 0 saturated heterocycles. The number of fused-ring (bicyclic) bond motifs is 1. The fourth-order valence-corrected chi connectivity index (χ4v) is 1.53. The maximum atomic E-state index is 11.2. The molecule has 1 aromatic rings. The largest absolute Gasteiger partial charge is 0.397 e. The van der Waals surface area contributed by atoms with E-state index in [1.807, 2.05) is 0 Å². The minimum Gasteiger partial charge on any atom is -0.397 e. The first-order valence-electron chi connectivity index (χ1n) is 4.29. The quantitative estimate of drug-likeness (QED) is 0.572. The highest BCUT2D eigenvalue weighted by molar-refractivity contribution is 6.33. The predicted molar refractivity (Wildman–Crippen MR) is 57.6 cm³/mol. The van der Waals surface area contributed by atoms with Gasteiger partial charge in [0, 0.05) is 13.0 Å². The third-order valence-corrected chi connectivity index (χ3v) is 2.41. The van der Waals surface area contributed by atoms with E-state index in [9.17, 15) is 4.79 Å². The molecule has 4 nitrogen and oxygen atoms in total. The molecule has 74 valence electrons. The summed E-state index contributed by atoms with van der Waals surface area (Å²) in [6, 6.07) is 3.38. The number of anilines is 3. The maximum absolute atomic E-state index is 11.2. The van der Waals surface area contributed by atoms with E-state index in [1.165, 1.54) is 0 Å². The highest BCUT2D eigenvalue weighted by atomic mass is 35.5. The van der Waals surface area contributed by atoms with Crippen molar-refractivity contribution in [3.63, 3.8) is 0 Å². The van der Waals surface area contributed by atoms with Crippen LogP contribution in [0.15, 0.2) is 12.1 Å². The molecule has 0 aliphatic carbocycles. The summed E-state index contributed by atoms with van der Waals surface area (Å²) in [5.74, 6) is -0.0166. The van der Waals surface area contributed by atoms with Gasteiger partial charge < -0.3 is 16.4 Å². The van der Waals surface area contributed by atoms with Crippen molar-refractivity contribution in [2.75, 3.05) is 22.9 Å². The van der Waals surface area contributed by atoms with Gasteiger partial charge in [-0.25, -0.2) is 0 Å². The number of carbonyl (C=O) groups excluding carboxylic acids is 1. The lowest BCUT2D eigenvalue weighted by Gasteiger charge is -2.09. The van der Waals surface area contributed by atoms with Crippen LogP contribution in [0.2, 0.25) is 5.02 Å². The van der Waals surface area contributed by atoms with Crippen LogP contribution in [0.4, 0.5) is 17.1 Å². The highest BCUT2D eigenvalue weighted by Gasteiger charge is 2.13. The molecule has 5 heteroatoms. The van der Waals surface area contributed by atoms with Crippen molar-refractivity contribution < 1.29 is 4.79 Å². The van der Waals surface area contributed by atoms with Crippen molar-refractivity contribution in [3.8, 4) is 0 Å². The van der Waals surface area contributed by atoms with Crippen molar-refractivity contribution in [1.82, 2.24) is 0 Å². The molecule has 0 saturated carbocycles. The molecular weight excluding hydrogens is 202 g/mol. The number of nitrogen functional groups attached to an aromatic ring is 1. The van der Waals surface area contributed by atoms with Crippen LogP contribution in [0, 0.1) is 0 Å². The van der Waals surface area contributed by atoms with Crippen LogP contribution in [0.3, 0.4) is 0 Å². The number of benzene rings is 1. The molecular formula is C9H10ClN3O. The zero-order chi connectivity index (χ0) is 10.1. The molecule has 0 radical (unpaired) electrons. The van der Waals surface area contributed by atoms with Crippen molar-refractivity contribution in [2.24, 2.45) is 0 Å². The van der Waals surface area contributed by atoms with Gasteiger partial charge in [0.05, 0.1) is 22.1 Å². The molecule has 1 aliphatic heterocycles. The zero-order valence-corrected chi connectivity index (χ0v) is 8.19. The van der Waals surface area contributed by atoms with E-state index in [4.69, 9.17) is 17.3 Å². The van der Waals surface area contributed by atoms with Gasteiger partial charge in [-0.1, -0.05) is 11.6 Å². The van der Waals surface area contributed by atoms with Crippen molar-refractivity contribution in [1.29, 1.82) is 0 Å². The summed E-state index contributed by atoms with van der Waals surface area (Å²) in [5, 5.41) is 6.30. The van der Waals surface area contributed by atoms with Gasteiger partial charge in [-0.2, -0.15) is 0 Å². The van der Waals surface area contributed by atoms with Crippen LogP contribution >= 0.6 is 11.6 Å². The fraction of sp³-hybridized carbons (Fsp3) is 0.222. The van der Waals surface area contributed by atoms with Gasteiger partial charge in [-0.15, -0.1) is 0 Å². The molecule has 1 aliphatic rings. The van der Waals surface area contributed by atoms with Gasteiger partial charge in [-0.3, -0.25) is 4.79 Å². The topological polar surface area (TPSA) is 67.1 Å². The molecule has 1 aromatic carbocycles. The normalized spacial score (nSPS) is 15.1. The molecule has 2 rings (SSSR count). The number of carbonyl (C=O) groups is 1. The molecule has 14 heavy (non-hydrogen) atoms. The average molecular weight is 212 g/mol. The number of hydrogen-bond acceptors (Lipinski definition) is 3. The SMILES string of the molecule is Nc1cc2c(cc1Cl)NC(=O)CCN2. The van der Waals surface area contributed by atoms with Crippen LogP contribution in [-0.2, 0) is 4.79 Å². The third-order valence-electron chi connectivity index (χ3n) is 2.08. The van der Waals surface area contributed by atoms with E-state index in [1.54, 1.807) is 12.1 Å². The lowest BCUT2D eigenvalue weighted by Crippen LogP contribution is -2.10. The summed E-state index contributed by atoms with van der Waals surface area (Å²) in [7, 11) is 0. The second kappa shape index (κ2) is 3.38. The first-order chi connectivity index (χ1) is 6.66. The summed E-state index contributed by atoms with van der Waals surface area (Å²) in [6.07, 6.45) is 0.451. The standard InChI is InChI=1S/C9H10ClN3O/c10-5-3-8-7(4-6(5)11)12-2-1-9(14)13-8/h3-4,12H,1-2,11H2,(H,13,14). The Morgan fingerprint density at radius 3 is 2.93 bits per heavy atom. The Labute approximate surface area is 86.4 Å². The van der Waals surface area contributed by atoms with Crippen LogP contribution in [0.1, 0.15) is 6.42 Å². The van der Waals surface area contributed by atoms with Gasteiger partial charge >= 0.3 is 0 Å². The van der Waals surface area contributed by atoms with E-state index < -0.39 is 0 Å². The molecule has 0 atom stereocenters. The average Bonchev–Trinajstić information content (AvgIpc) is 2.28. The molecule has 4 N–H and O–H groups in total. The van der Waals surface area contributed by atoms with Gasteiger partial charge in [0.2, 0.25) is 5.91 Å². The zero-order valence-electron chi connectivity index (χ0n) is 7.43. The van der Waals surface area contributed by atoms with Crippen molar-refractivity contribution in [2.45, 2.75) is 6.42 Å². The molecule has 0 fully saturated rings. The molecule has 0 spiro atoms. The number of rotatable bonds is 0. The monoisotopic (exact) mass is 211 g/mol. The molecule has 0 bridgehead atoms. The van der Waals surface area contributed by atoms with E-state index >= 15 is 0 Å². The minimum atomic E-state index is -0.0166. The fourth-order valence-electron chi connectivity index (χ4n) is 1.36. The Hall–Kier alpha value is -1.42. The van der Waals surface area contributed by atoms with Crippen molar-refractivity contribution >= 4 is 34.6 Å². The van der Waals surface area contributed by atoms with Gasteiger partial charge in [0.15, 0.2) is 0 Å². The Morgan fingerprint density at radius 2 is 2.14 bits per heavy atom. The lowest BCUT2D eigenvalue weighted by atomic mass is 10.2. The van der Waals surface area contributed by atoms with Crippen LogP contribution in [0.5, 0.6) is 0 Å². The van der Waals surface area contributed by atoms with Crippen LogP contribution in [-0.4, -0.2) is 12.5 Å². The summed E-state index contributed by atoms with van der Waals surface area (Å²) in [4.78, 5) is 11.2. The van der Waals surface area contributed by atoms with E-state index in [2.05, 4.69) is 10.6 Å².